The van der Waals surface area contributed by atoms with Gasteiger partial charge in [-0.25, -0.2) is 0 Å². The number of aryl methyl sites for hydroxylation is 1. The van der Waals surface area contributed by atoms with E-state index in [-0.39, 0.29) is 31.0 Å². The van der Waals surface area contributed by atoms with Crippen molar-refractivity contribution in [3.8, 4) is 0 Å². The average molecular weight is 447 g/mol. The smallest absolute Gasteiger partial charge is 1.00 e. The standard InChI is InChI=1S/C25H42O3S.Na.H/c1-2-3-4-5-6-7-8-9-10-11-12-13-14-17-22-28-29(26,27)25-21-20-23-18-15-16-19-24(23)25;;/h15-16,18-19,25H,2-14,17,20-22H2,1H3;;/q;+1;-1. The normalized spacial score (nSPS) is 15.7. The van der Waals surface area contributed by atoms with Gasteiger partial charge in [-0.2, -0.15) is 8.42 Å². The number of fused-ring (bicyclic) bond motifs is 1. The number of hydrogen-bond acceptors (Lipinski definition) is 3. The van der Waals surface area contributed by atoms with Gasteiger partial charge in [-0.3, -0.25) is 4.18 Å². The van der Waals surface area contributed by atoms with E-state index in [2.05, 4.69) is 6.92 Å². The molecule has 0 spiro atoms. The molecular formula is C25H43NaO3S. The second-order valence-corrected chi connectivity index (χ2v) is 10.4. The number of unbranched alkanes of at least 4 members (excludes halogenated alkanes) is 13. The van der Waals surface area contributed by atoms with Crippen LogP contribution in [0.15, 0.2) is 24.3 Å². The third-order valence-corrected chi connectivity index (χ3v) is 7.85. The van der Waals surface area contributed by atoms with Crippen LogP contribution in [0.25, 0.3) is 0 Å². The van der Waals surface area contributed by atoms with Crippen molar-refractivity contribution >= 4 is 10.1 Å². The third kappa shape index (κ3) is 10.6. The molecule has 1 aliphatic rings. The van der Waals surface area contributed by atoms with Crippen molar-refractivity contribution in [2.75, 3.05) is 6.61 Å². The van der Waals surface area contributed by atoms with Gasteiger partial charge in [-0.15, -0.1) is 0 Å². The van der Waals surface area contributed by atoms with Crippen molar-refractivity contribution in [2.24, 2.45) is 0 Å². The molecule has 0 fully saturated rings. The quantitative estimate of drug-likeness (QED) is 0.199. The Morgan fingerprint density at radius 3 is 1.90 bits per heavy atom. The first-order valence-corrected chi connectivity index (χ1v) is 13.6. The zero-order chi connectivity index (χ0) is 20.8. The molecule has 168 valence electrons. The van der Waals surface area contributed by atoms with Crippen LogP contribution in [0.2, 0.25) is 0 Å². The summed E-state index contributed by atoms with van der Waals surface area (Å²) in [6.07, 6.45) is 19.6. The minimum absolute atomic E-state index is 0. The maximum atomic E-state index is 12.5. The van der Waals surface area contributed by atoms with Crippen LogP contribution in [0.3, 0.4) is 0 Å². The number of rotatable bonds is 17. The fourth-order valence-electron chi connectivity index (χ4n) is 4.37. The molecule has 0 bridgehead atoms. The summed E-state index contributed by atoms with van der Waals surface area (Å²) in [4.78, 5) is 0. The second kappa shape index (κ2) is 16.7. The first kappa shape index (κ1) is 28.2. The van der Waals surface area contributed by atoms with E-state index in [1.165, 1.54) is 77.0 Å². The predicted octanol–water partition coefficient (Wildman–Crippen LogP) is 4.62. The van der Waals surface area contributed by atoms with Crippen LogP contribution in [0, 0.1) is 0 Å². The van der Waals surface area contributed by atoms with Crippen LogP contribution in [0.4, 0.5) is 0 Å². The molecule has 0 amide bonds. The topological polar surface area (TPSA) is 43.4 Å². The van der Waals surface area contributed by atoms with Gasteiger partial charge in [-0.1, -0.05) is 115 Å². The summed E-state index contributed by atoms with van der Waals surface area (Å²) in [5, 5.41) is -0.467. The predicted molar refractivity (Wildman–Crippen MR) is 124 cm³/mol. The third-order valence-electron chi connectivity index (χ3n) is 6.17. The van der Waals surface area contributed by atoms with Gasteiger partial charge in [0, 0.05) is 0 Å². The maximum absolute atomic E-state index is 12.5. The van der Waals surface area contributed by atoms with Crippen molar-refractivity contribution in [2.45, 2.75) is 115 Å². The molecule has 1 unspecified atom stereocenters. The summed E-state index contributed by atoms with van der Waals surface area (Å²) < 4.78 is 30.4. The molecule has 0 saturated heterocycles. The zero-order valence-corrected chi connectivity index (χ0v) is 22.4. The van der Waals surface area contributed by atoms with Gasteiger partial charge in [0.1, 0.15) is 5.25 Å². The van der Waals surface area contributed by atoms with Crippen LogP contribution in [0.1, 0.15) is 121 Å². The van der Waals surface area contributed by atoms with E-state index in [4.69, 9.17) is 4.18 Å². The van der Waals surface area contributed by atoms with Gasteiger partial charge in [0.25, 0.3) is 10.1 Å². The Kier molecular flexibility index (Phi) is 15.7. The summed E-state index contributed by atoms with van der Waals surface area (Å²) in [6, 6.07) is 7.85. The van der Waals surface area contributed by atoms with Gasteiger partial charge in [0.2, 0.25) is 0 Å². The van der Waals surface area contributed by atoms with Crippen molar-refractivity contribution in [1.29, 1.82) is 0 Å². The molecule has 0 saturated carbocycles. The van der Waals surface area contributed by atoms with E-state index in [1.54, 1.807) is 0 Å². The molecule has 1 aliphatic carbocycles. The van der Waals surface area contributed by atoms with E-state index in [1.807, 2.05) is 24.3 Å². The average Bonchev–Trinajstić information content (AvgIpc) is 3.16. The maximum Gasteiger partial charge on any atom is 1.00 e. The number of benzene rings is 1. The summed E-state index contributed by atoms with van der Waals surface area (Å²) in [6.45, 7) is 2.60. The monoisotopic (exact) mass is 446 g/mol. The van der Waals surface area contributed by atoms with Crippen molar-refractivity contribution in [1.82, 2.24) is 0 Å². The Labute approximate surface area is 209 Å². The Morgan fingerprint density at radius 2 is 1.33 bits per heavy atom. The Morgan fingerprint density at radius 1 is 0.833 bits per heavy atom. The van der Waals surface area contributed by atoms with E-state index in [9.17, 15) is 8.42 Å². The molecule has 1 atom stereocenters. The van der Waals surface area contributed by atoms with Gasteiger partial charge in [-0.05, 0) is 30.4 Å². The minimum Gasteiger partial charge on any atom is -1.00 e. The molecule has 0 radical (unpaired) electrons. The number of hydrogen-bond donors (Lipinski definition) is 0. The van der Waals surface area contributed by atoms with Gasteiger partial charge in [0.05, 0.1) is 6.61 Å². The van der Waals surface area contributed by atoms with E-state index < -0.39 is 15.4 Å². The first-order chi connectivity index (χ1) is 14.1. The molecule has 0 aliphatic heterocycles. The Bertz CT molecular complexity index is 666. The second-order valence-electron chi connectivity index (χ2n) is 8.64. The Hall–Kier alpha value is 0.130. The molecule has 0 heterocycles. The van der Waals surface area contributed by atoms with E-state index in [0.717, 1.165) is 30.4 Å². The van der Waals surface area contributed by atoms with Crippen LogP contribution in [0.5, 0.6) is 0 Å². The fraction of sp³-hybridized carbons (Fsp3) is 0.760. The van der Waals surface area contributed by atoms with Crippen LogP contribution in [-0.2, 0) is 20.7 Å². The molecular weight excluding hydrogens is 403 g/mol. The first-order valence-electron chi connectivity index (χ1n) is 12.1. The van der Waals surface area contributed by atoms with Crippen LogP contribution in [-0.4, -0.2) is 15.0 Å². The summed E-state index contributed by atoms with van der Waals surface area (Å²) in [7, 11) is -3.49. The molecule has 30 heavy (non-hydrogen) atoms. The van der Waals surface area contributed by atoms with Crippen LogP contribution < -0.4 is 29.6 Å². The van der Waals surface area contributed by atoms with Crippen molar-refractivity contribution < 1.29 is 43.6 Å². The molecule has 1 aromatic rings. The zero-order valence-electron chi connectivity index (χ0n) is 20.5. The summed E-state index contributed by atoms with van der Waals surface area (Å²) in [5.41, 5.74) is 2.09. The molecule has 2 rings (SSSR count). The molecule has 3 nitrogen and oxygen atoms in total. The van der Waals surface area contributed by atoms with Crippen molar-refractivity contribution in [3.05, 3.63) is 35.4 Å². The Balaban J connectivity index is 0.00000450. The minimum atomic E-state index is -3.49. The van der Waals surface area contributed by atoms with Crippen molar-refractivity contribution in [3.63, 3.8) is 0 Å². The summed E-state index contributed by atoms with van der Waals surface area (Å²) in [5.74, 6) is 0. The fourth-order valence-corrected chi connectivity index (χ4v) is 5.83. The summed E-state index contributed by atoms with van der Waals surface area (Å²) >= 11 is 0. The van der Waals surface area contributed by atoms with Gasteiger partial charge in [0.15, 0.2) is 0 Å². The van der Waals surface area contributed by atoms with Crippen LogP contribution >= 0.6 is 0 Å². The SMILES string of the molecule is CCCCCCCCCCCCCCCCOS(=O)(=O)C1CCc2ccccc21.[H-].[Na+]. The van der Waals surface area contributed by atoms with E-state index >= 15 is 0 Å². The molecule has 1 aromatic carbocycles. The molecule has 0 aromatic heterocycles. The largest absolute Gasteiger partial charge is 1.00 e. The molecule has 0 N–H and O–H groups in total. The van der Waals surface area contributed by atoms with Gasteiger partial charge < -0.3 is 1.43 Å². The van der Waals surface area contributed by atoms with E-state index in [0.29, 0.717) is 13.0 Å². The van der Waals surface area contributed by atoms with Gasteiger partial charge >= 0.3 is 29.6 Å². The molecule has 5 heteroatoms.